The van der Waals surface area contributed by atoms with Crippen LogP contribution < -0.4 is 5.43 Å². The van der Waals surface area contributed by atoms with Crippen LogP contribution in [0.1, 0.15) is 12.1 Å². The molecule has 18 heavy (non-hydrogen) atoms. The molecule has 1 aromatic heterocycles. The summed E-state index contributed by atoms with van der Waals surface area (Å²) in [6.45, 7) is 4.53. The predicted molar refractivity (Wildman–Crippen MR) is 72.7 cm³/mol. The van der Waals surface area contributed by atoms with E-state index in [0.717, 1.165) is 51.4 Å². The molecule has 0 atom stereocenters. The van der Waals surface area contributed by atoms with Gasteiger partial charge in [0.15, 0.2) is 0 Å². The summed E-state index contributed by atoms with van der Waals surface area (Å²) >= 11 is 11.8. The first-order chi connectivity index (χ1) is 8.66. The molecule has 4 nitrogen and oxygen atoms in total. The second kappa shape index (κ2) is 6.57. The first-order valence-corrected chi connectivity index (χ1v) is 6.79. The van der Waals surface area contributed by atoms with Crippen LogP contribution in [0.5, 0.6) is 0 Å². The predicted octanol–water partition coefficient (Wildman–Crippen LogP) is 1.95. The smallest absolute Gasteiger partial charge is 0.201 e. The van der Waals surface area contributed by atoms with Gasteiger partial charge in [0.05, 0.1) is 13.2 Å². The maximum absolute atomic E-state index is 11.5. The number of rotatable bonds is 4. The molecule has 0 spiro atoms. The van der Waals surface area contributed by atoms with E-state index in [1.54, 1.807) is 0 Å². The molecule has 0 amide bonds. The van der Waals surface area contributed by atoms with Crippen LogP contribution in [0.3, 0.4) is 0 Å². The maximum atomic E-state index is 11.5. The van der Waals surface area contributed by atoms with E-state index in [-0.39, 0.29) is 10.5 Å². The number of aryl methyl sites for hydroxylation is 1. The van der Waals surface area contributed by atoms with Crippen molar-refractivity contribution in [2.45, 2.75) is 12.8 Å². The number of ether oxygens (including phenoxy) is 1. The quantitative estimate of drug-likeness (QED) is 0.862. The molecule has 1 N–H and O–H groups in total. The number of hydrogen-bond donors (Lipinski definition) is 1. The number of aromatic nitrogens is 1. The van der Waals surface area contributed by atoms with E-state index in [4.69, 9.17) is 27.9 Å². The van der Waals surface area contributed by atoms with Crippen LogP contribution in [0.15, 0.2) is 10.9 Å². The van der Waals surface area contributed by atoms with E-state index in [0.29, 0.717) is 5.15 Å². The normalized spacial score (nSPS) is 17.0. The monoisotopic (exact) mass is 290 g/mol. The Morgan fingerprint density at radius 1 is 1.33 bits per heavy atom. The first kappa shape index (κ1) is 13.9. The zero-order valence-corrected chi connectivity index (χ0v) is 11.6. The fourth-order valence-electron chi connectivity index (χ4n) is 2.04. The van der Waals surface area contributed by atoms with Crippen LogP contribution in [0, 0.1) is 0 Å². The molecule has 0 unspecified atom stereocenters. The molecular formula is C12H16Cl2N2O2. The summed E-state index contributed by atoms with van der Waals surface area (Å²) in [6, 6.07) is 1.30. The number of aromatic amines is 1. The van der Waals surface area contributed by atoms with Crippen LogP contribution in [-0.4, -0.2) is 42.7 Å². The molecule has 0 bridgehead atoms. The number of halogens is 2. The van der Waals surface area contributed by atoms with Gasteiger partial charge in [-0.25, -0.2) is 0 Å². The summed E-state index contributed by atoms with van der Waals surface area (Å²) in [5, 5.41) is 0.590. The van der Waals surface area contributed by atoms with Crippen molar-refractivity contribution >= 4 is 23.2 Å². The highest BCUT2D eigenvalue weighted by Crippen LogP contribution is 2.14. The fourth-order valence-corrected chi connectivity index (χ4v) is 2.45. The van der Waals surface area contributed by atoms with Crippen molar-refractivity contribution < 1.29 is 4.74 Å². The summed E-state index contributed by atoms with van der Waals surface area (Å²) in [5.41, 5.74) is 0.504. The summed E-state index contributed by atoms with van der Waals surface area (Å²) in [6.07, 6.45) is 1.67. The Balaban J connectivity index is 1.88. The molecule has 1 fully saturated rings. The van der Waals surface area contributed by atoms with Gasteiger partial charge >= 0.3 is 0 Å². The molecular weight excluding hydrogens is 275 g/mol. The van der Waals surface area contributed by atoms with Crippen LogP contribution in [0.4, 0.5) is 0 Å². The van der Waals surface area contributed by atoms with Gasteiger partial charge in [-0.15, -0.1) is 0 Å². The third-order valence-electron chi connectivity index (χ3n) is 3.01. The van der Waals surface area contributed by atoms with Gasteiger partial charge in [0.25, 0.3) is 0 Å². The molecule has 0 radical (unpaired) electrons. The lowest BCUT2D eigenvalue weighted by Gasteiger charge is -2.26. The lowest BCUT2D eigenvalue weighted by atomic mass is 10.2. The van der Waals surface area contributed by atoms with Crippen LogP contribution in [0.2, 0.25) is 10.2 Å². The Morgan fingerprint density at radius 2 is 2.06 bits per heavy atom. The molecule has 1 aliphatic heterocycles. The van der Waals surface area contributed by atoms with Crippen LogP contribution >= 0.6 is 23.2 Å². The first-order valence-electron chi connectivity index (χ1n) is 6.04. The van der Waals surface area contributed by atoms with Gasteiger partial charge in [-0.05, 0) is 19.4 Å². The average Bonchev–Trinajstić information content (AvgIpc) is 2.36. The van der Waals surface area contributed by atoms with Crippen molar-refractivity contribution in [1.29, 1.82) is 0 Å². The van der Waals surface area contributed by atoms with Gasteiger partial charge in [0, 0.05) is 24.8 Å². The van der Waals surface area contributed by atoms with Crippen molar-refractivity contribution in [3.05, 3.63) is 32.2 Å². The van der Waals surface area contributed by atoms with Crippen molar-refractivity contribution in [3.63, 3.8) is 0 Å². The summed E-state index contributed by atoms with van der Waals surface area (Å²) in [5.74, 6) is 0. The average molecular weight is 291 g/mol. The van der Waals surface area contributed by atoms with Crippen molar-refractivity contribution in [3.8, 4) is 0 Å². The maximum Gasteiger partial charge on any atom is 0.201 e. The minimum Gasteiger partial charge on any atom is -0.379 e. The summed E-state index contributed by atoms with van der Waals surface area (Å²) < 4.78 is 5.29. The Kier molecular flexibility index (Phi) is 5.06. The largest absolute Gasteiger partial charge is 0.379 e. The second-order valence-corrected chi connectivity index (χ2v) is 5.12. The molecule has 0 saturated carbocycles. The minimum absolute atomic E-state index is 0.221. The molecule has 100 valence electrons. The molecule has 6 heteroatoms. The number of hydrogen-bond acceptors (Lipinski definition) is 3. The topological polar surface area (TPSA) is 45.3 Å². The summed E-state index contributed by atoms with van der Waals surface area (Å²) in [7, 11) is 0. The van der Waals surface area contributed by atoms with Gasteiger partial charge in [0.1, 0.15) is 10.2 Å². The number of nitrogens with one attached hydrogen (secondary N) is 1. The van der Waals surface area contributed by atoms with E-state index in [1.165, 1.54) is 6.07 Å². The van der Waals surface area contributed by atoms with E-state index in [2.05, 4.69) is 9.88 Å². The lowest BCUT2D eigenvalue weighted by Crippen LogP contribution is -2.37. The van der Waals surface area contributed by atoms with Gasteiger partial charge in [-0.3, -0.25) is 9.69 Å². The van der Waals surface area contributed by atoms with Gasteiger partial charge < -0.3 is 9.72 Å². The Labute approximate surface area is 116 Å². The zero-order valence-electron chi connectivity index (χ0n) is 10.0. The van der Waals surface area contributed by atoms with Gasteiger partial charge in [-0.1, -0.05) is 23.2 Å². The Bertz CT molecular complexity index is 456. The van der Waals surface area contributed by atoms with E-state index in [1.807, 2.05) is 0 Å². The molecule has 2 rings (SSSR count). The third kappa shape index (κ3) is 3.72. The molecule has 1 aromatic rings. The highest BCUT2D eigenvalue weighted by Gasteiger charge is 2.11. The molecule has 0 aliphatic carbocycles. The zero-order chi connectivity index (χ0) is 13.0. The molecule has 0 aromatic carbocycles. The Hall–Kier alpha value is -0.550. The van der Waals surface area contributed by atoms with Crippen molar-refractivity contribution in [1.82, 2.24) is 9.88 Å². The van der Waals surface area contributed by atoms with E-state index < -0.39 is 0 Å². The SMILES string of the molecule is O=c1cc(Cl)[nH]c(CCCN2CCOCC2)c1Cl. The van der Waals surface area contributed by atoms with Crippen LogP contribution in [-0.2, 0) is 11.2 Å². The number of morpholine rings is 1. The van der Waals surface area contributed by atoms with E-state index in [9.17, 15) is 4.79 Å². The van der Waals surface area contributed by atoms with Gasteiger partial charge in [0.2, 0.25) is 5.43 Å². The summed E-state index contributed by atoms with van der Waals surface area (Å²) in [4.78, 5) is 16.8. The molecule has 1 aliphatic rings. The van der Waals surface area contributed by atoms with Crippen molar-refractivity contribution in [2.24, 2.45) is 0 Å². The molecule has 2 heterocycles. The Morgan fingerprint density at radius 3 is 2.78 bits per heavy atom. The standard InChI is InChI=1S/C12H16Cl2N2O2/c13-11-8-10(17)12(14)9(15-11)2-1-3-16-4-6-18-7-5-16/h8H,1-7H2,(H,15,17). The van der Waals surface area contributed by atoms with Crippen LogP contribution in [0.25, 0.3) is 0 Å². The fraction of sp³-hybridized carbons (Fsp3) is 0.583. The highest BCUT2D eigenvalue weighted by molar-refractivity contribution is 6.32. The number of pyridine rings is 1. The van der Waals surface area contributed by atoms with Crippen molar-refractivity contribution in [2.75, 3.05) is 32.8 Å². The molecule has 1 saturated heterocycles. The number of nitrogens with zero attached hydrogens (tertiary/aromatic N) is 1. The lowest BCUT2D eigenvalue weighted by molar-refractivity contribution is 0.0374. The highest BCUT2D eigenvalue weighted by atomic mass is 35.5. The third-order valence-corrected chi connectivity index (χ3v) is 3.63. The van der Waals surface area contributed by atoms with E-state index >= 15 is 0 Å². The second-order valence-electron chi connectivity index (χ2n) is 4.33. The van der Waals surface area contributed by atoms with Gasteiger partial charge in [-0.2, -0.15) is 0 Å². The minimum atomic E-state index is -0.221. The number of H-pyrrole nitrogens is 1.